The van der Waals surface area contributed by atoms with E-state index in [1.807, 2.05) is 27.7 Å². The monoisotopic (exact) mass is 436 g/mol. The van der Waals surface area contributed by atoms with Gasteiger partial charge in [-0.05, 0) is 47.5 Å². The van der Waals surface area contributed by atoms with Gasteiger partial charge in [0.15, 0.2) is 0 Å². The minimum atomic E-state index is -1.18. The molecular weight excluding hydrogens is 404 g/mol. The zero-order chi connectivity index (χ0) is 23.9. The molecule has 1 aliphatic rings. The molecule has 0 saturated carbocycles. The summed E-state index contributed by atoms with van der Waals surface area (Å²) >= 11 is 0. The molecule has 31 heavy (non-hydrogen) atoms. The Labute approximate surface area is 183 Å². The number of rotatable bonds is 9. The lowest BCUT2D eigenvalue weighted by Crippen LogP contribution is -2.65. The molecule has 1 heterocycles. The molecule has 0 atom stereocenters. The number of piperidine rings is 1. The Kier molecular flexibility index (Phi) is 8.64. The molecule has 0 aromatic heterocycles. The molecular formula is C21H32N4O6. The Bertz CT molecular complexity index is 713. The third-order valence-corrected chi connectivity index (χ3v) is 4.87. The van der Waals surface area contributed by atoms with E-state index in [4.69, 9.17) is 19.6 Å². The first kappa shape index (κ1) is 26.0. The first-order valence-electron chi connectivity index (χ1n) is 9.82. The number of nitrogens with zero attached hydrogens (tertiary/aromatic N) is 2. The number of hydroxylamine groups is 2. The fourth-order valence-corrected chi connectivity index (χ4v) is 3.84. The maximum absolute atomic E-state index is 12.7. The molecule has 0 aliphatic carbocycles. The van der Waals surface area contributed by atoms with E-state index in [9.17, 15) is 14.4 Å². The van der Waals surface area contributed by atoms with Crippen molar-refractivity contribution in [3.8, 4) is 6.26 Å². The molecule has 2 amide bonds. The lowest BCUT2D eigenvalue weighted by molar-refractivity contribution is -0.242. The van der Waals surface area contributed by atoms with Crippen LogP contribution in [0.25, 0.3) is 0 Å². The van der Waals surface area contributed by atoms with Crippen LogP contribution in [-0.4, -0.2) is 58.9 Å². The number of urea groups is 1. The lowest BCUT2D eigenvalue weighted by atomic mass is 9.79. The van der Waals surface area contributed by atoms with Crippen molar-refractivity contribution < 1.29 is 28.7 Å². The number of amides is 2. The molecule has 0 radical (unpaired) electrons. The molecule has 1 saturated heterocycles. The fraction of sp³-hybridized carbons (Fsp3) is 0.619. The van der Waals surface area contributed by atoms with Crippen LogP contribution < -0.4 is 10.6 Å². The summed E-state index contributed by atoms with van der Waals surface area (Å²) in [5.41, 5.74) is -2.22. The third-order valence-electron chi connectivity index (χ3n) is 4.87. The van der Waals surface area contributed by atoms with Gasteiger partial charge in [0.1, 0.15) is 18.8 Å². The number of hydrogen-bond donors (Lipinski definition) is 2. The Hall–Kier alpha value is -3.06. The van der Waals surface area contributed by atoms with E-state index in [-0.39, 0.29) is 19.3 Å². The zero-order valence-corrected chi connectivity index (χ0v) is 18.8. The van der Waals surface area contributed by atoms with Gasteiger partial charge in [-0.1, -0.05) is 13.2 Å². The number of nitrogens with one attached hydrogen (secondary N) is 2. The van der Waals surface area contributed by atoms with Crippen molar-refractivity contribution >= 4 is 18.0 Å². The Morgan fingerprint density at radius 2 is 1.55 bits per heavy atom. The van der Waals surface area contributed by atoms with Gasteiger partial charge in [-0.25, -0.2) is 14.4 Å². The molecule has 1 rings (SSSR count). The van der Waals surface area contributed by atoms with Gasteiger partial charge >= 0.3 is 24.2 Å². The summed E-state index contributed by atoms with van der Waals surface area (Å²) in [7, 11) is 0. The van der Waals surface area contributed by atoms with Crippen LogP contribution in [0.4, 0.5) is 4.79 Å². The summed E-state index contributed by atoms with van der Waals surface area (Å²) in [4.78, 5) is 40.8. The van der Waals surface area contributed by atoms with Gasteiger partial charge in [0.05, 0.1) is 11.1 Å². The number of nitriles is 1. The summed E-state index contributed by atoms with van der Waals surface area (Å²) in [6.45, 7) is 15.5. The Morgan fingerprint density at radius 3 is 1.94 bits per heavy atom. The quantitative estimate of drug-likeness (QED) is 0.319. The molecule has 1 fully saturated rings. The van der Waals surface area contributed by atoms with Crippen LogP contribution in [0, 0.1) is 11.5 Å². The molecule has 0 aromatic carbocycles. The van der Waals surface area contributed by atoms with Crippen LogP contribution in [0.3, 0.4) is 0 Å². The normalized spacial score (nSPS) is 18.1. The summed E-state index contributed by atoms with van der Waals surface area (Å²) in [5.74, 6) is -1.34. The molecule has 1 aliphatic heterocycles. The number of hydrogen-bond acceptors (Lipinski definition) is 8. The van der Waals surface area contributed by atoms with Crippen LogP contribution in [0.2, 0.25) is 0 Å². The van der Waals surface area contributed by atoms with Gasteiger partial charge < -0.3 is 24.9 Å². The minimum absolute atomic E-state index is 0.223. The molecule has 172 valence electrons. The van der Waals surface area contributed by atoms with Crippen molar-refractivity contribution in [1.29, 1.82) is 5.26 Å². The third kappa shape index (κ3) is 7.61. The average Bonchev–Trinajstić information content (AvgIpc) is 2.66. The summed E-state index contributed by atoms with van der Waals surface area (Å²) < 4.78 is 10.1. The van der Waals surface area contributed by atoms with E-state index < -0.39 is 34.6 Å². The minimum Gasteiger partial charge on any atom is -0.460 e. The van der Waals surface area contributed by atoms with E-state index in [1.54, 1.807) is 18.2 Å². The van der Waals surface area contributed by atoms with E-state index in [0.29, 0.717) is 12.8 Å². The van der Waals surface area contributed by atoms with E-state index in [2.05, 4.69) is 23.8 Å². The standard InChI is InChI=1S/C21H32N4O6/c1-8-16(26)29-12-21(7,13-30-17(27)9-2)24-18(28)23-15-10-19(3,4)25(31-14-22)20(5,6)11-15/h8-9,15H,1-2,10-13H2,3-7H3,(H2,23,24,28). The highest BCUT2D eigenvalue weighted by Crippen LogP contribution is 2.38. The van der Waals surface area contributed by atoms with Crippen molar-refractivity contribution in [2.24, 2.45) is 0 Å². The Balaban J connectivity index is 2.87. The number of esters is 2. The first-order chi connectivity index (χ1) is 14.3. The molecule has 10 nitrogen and oxygen atoms in total. The number of carbonyl (C=O) groups is 3. The number of ether oxygens (including phenoxy) is 2. The molecule has 0 spiro atoms. The van der Waals surface area contributed by atoms with Crippen molar-refractivity contribution in [2.45, 2.75) is 70.1 Å². The highest BCUT2D eigenvalue weighted by atomic mass is 16.7. The predicted octanol–water partition coefficient (Wildman–Crippen LogP) is 1.94. The largest absolute Gasteiger partial charge is 0.460 e. The maximum atomic E-state index is 12.7. The maximum Gasteiger partial charge on any atom is 0.330 e. The lowest BCUT2D eigenvalue weighted by Gasteiger charge is -2.51. The van der Waals surface area contributed by atoms with E-state index in [0.717, 1.165) is 12.2 Å². The van der Waals surface area contributed by atoms with E-state index in [1.165, 1.54) is 0 Å². The van der Waals surface area contributed by atoms with Gasteiger partial charge in [0, 0.05) is 18.2 Å². The fourth-order valence-electron chi connectivity index (χ4n) is 3.84. The van der Waals surface area contributed by atoms with Crippen molar-refractivity contribution in [2.75, 3.05) is 13.2 Å². The van der Waals surface area contributed by atoms with Crippen LogP contribution >= 0.6 is 0 Å². The second kappa shape index (κ2) is 10.3. The zero-order valence-electron chi connectivity index (χ0n) is 18.8. The average molecular weight is 437 g/mol. The van der Waals surface area contributed by atoms with Gasteiger partial charge in [-0.15, -0.1) is 10.3 Å². The van der Waals surface area contributed by atoms with Crippen molar-refractivity contribution in [3.63, 3.8) is 0 Å². The Morgan fingerprint density at radius 1 is 1.10 bits per heavy atom. The molecule has 2 N–H and O–H groups in total. The van der Waals surface area contributed by atoms with Gasteiger partial charge in [-0.2, -0.15) is 0 Å². The number of carbonyl (C=O) groups excluding carboxylic acids is 3. The van der Waals surface area contributed by atoms with Crippen LogP contribution in [-0.2, 0) is 23.9 Å². The SMILES string of the molecule is C=CC(=O)OCC(C)(COC(=O)C=C)NC(=O)NC1CC(C)(C)N(OC#N)C(C)(C)C1. The van der Waals surface area contributed by atoms with Gasteiger partial charge in [0.25, 0.3) is 0 Å². The highest BCUT2D eigenvalue weighted by molar-refractivity contribution is 5.82. The molecule has 0 aromatic rings. The van der Waals surface area contributed by atoms with Crippen molar-refractivity contribution in [1.82, 2.24) is 15.7 Å². The van der Waals surface area contributed by atoms with Crippen LogP contribution in [0.1, 0.15) is 47.5 Å². The summed E-state index contributed by atoms with van der Waals surface area (Å²) in [6.07, 6.45) is 4.77. The summed E-state index contributed by atoms with van der Waals surface area (Å²) in [5, 5.41) is 16.2. The van der Waals surface area contributed by atoms with Crippen molar-refractivity contribution in [3.05, 3.63) is 25.3 Å². The second-order valence-corrected chi connectivity index (χ2v) is 8.99. The molecule has 10 heteroatoms. The second-order valence-electron chi connectivity index (χ2n) is 8.99. The predicted molar refractivity (Wildman–Crippen MR) is 112 cm³/mol. The first-order valence-corrected chi connectivity index (χ1v) is 9.82. The van der Waals surface area contributed by atoms with Crippen LogP contribution in [0.15, 0.2) is 25.3 Å². The van der Waals surface area contributed by atoms with E-state index >= 15 is 0 Å². The topological polar surface area (TPSA) is 130 Å². The van der Waals surface area contributed by atoms with Gasteiger partial charge in [-0.3, -0.25) is 0 Å². The molecule has 0 unspecified atom stereocenters. The smallest absolute Gasteiger partial charge is 0.330 e. The van der Waals surface area contributed by atoms with Crippen LogP contribution in [0.5, 0.6) is 0 Å². The summed E-state index contributed by atoms with van der Waals surface area (Å²) in [6, 6.07) is -0.739. The van der Waals surface area contributed by atoms with Gasteiger partial charge in [0.2, 0.25) is 0 Å². The highest BCUT2D eigenvalue weighted by Gasteiger charge is 2.48. The molecule has 0 bridgehead atoms.